The van der Waals surface area contributed by atoms with Crippen molar-refractivity contribution in [2.24, 2.45) is 0 Å². The topological polar surface area (TPSA) is 26.3 Å². The average Bonchev–Trinajstić information content (AvgIpc) is 2.40. The van der Waals surface area contributed by atoms with Crippen LogP contribution >= 0.6 is 45.8 Å². The fourth-order valence-electron chi connectivity index (χ4n) is 1.49. The van der Waals surface area contributed by atoms with Gasteiger partial charge in [0.1, 0.15) is 5.75 Å². The number of halogens is 3. The molecule has 0 aromatic heterocycles. The summed E-state index contributed by atoms with van der Waals surface area (Å²) in [6.07, 6.45) is 0. The zero-order valence-electron chi connectivity index (χ0n) is 9.70. The molecular formula is C14H9Cl2IO2. The molecule has 5 heteroatoms. The lowest BCUT2D eigenvalue weighted by Gasteiger charge is -2.08. The van der Waals surface area contributed by atoms with Crippen molar-refractivity contribution in [3.63, 3.8) is 0 Å². The van der Waals surface area contributed by atoms with Crippen molar-refractivity contribution in [3.05, 3.63) is 61.6 Å². The molecule has 0 saturated heterocycles. The van der Waals surface area contributed by atoms with Crippen LogP contribution in [0.2, 0.25) is 10.0 Å². The lowest BCUT2D eigenvalue weighted by atomic mass is 10.1. The number of Topliss-reactive ketones (excluding diaryl/α,β-unsaturated/α-hetero) is 1. The van der Waals surface area contributed by atoms with Crippen molar-refractivity contribution in [2.45, 2.75) is 0 Å². The van der Waals surface area contributed by atoms with E-state index in [0.717, 1.165) is 3.57 Å². The summed E-state index contributed by atoms with van der Waals surface area (Å²) in [6.45, 7) is -0.0694. The number of ether oxygens (including phenoxy) is 1. The molecule has 19 heavy (non-hydrogen) atoms. The van der Waals surface area contributed by atoms with E-state index in [0.29, 0.717) is 21.4 Å². The van der Waals surface area contributed by atoms with Crippen LogP contribution in [-0.4, -0.2) is 12.4 Å². The Morgan fingerprint density at radius 2 is 1.89 bits per heavy atom. The largest absolute Gasteiger partial charge is 0.484 e. The lowest BCUT2D eigenvalue weighted by Crippen LogP contribution is -2.12. The highest BCUT2D eigenvalue weighted by Gasteiger charge is 2.12. The lowest BCUT2D eigenvalue weighted by molar-refractivity contribution is 0.0921. The molecule has 0 spiro atoms. The maximum absolute atomic E-state index is 12.0. The fourth-order valence-corrected chi connectivity index (χ4v) is 2.43. The monoisotopic (exact) mass is 406 g/mol. The Morgan fingerprint density at radius 3 is 2.63 bits per heavy atom. The van der Waals surface area contributed by atoms with Gasteiger partial charge < -0.3 is 4.74 Å². The van der Waals surface area contributed by atoms with Crippen molar-refractivity contribution in [1.82, 2.24) is 0 Å². The van der Waals surface area contributed by atoms with E-state index in [9.17, 15) is 4.79 Å². The van der Waals surface area contributed by atoms with E-state index in [4.69, 9.17) is 27.9 Å². The molecule has 0 heterocycles. The Bertz CT molecular complexity index is 614. The molecule has 0 aliphatic rings. The maximum Gasteiger partial charge on any atom is 0.201 e. The highest BCUT2D eigenvalue weighted by Crippen LogP contribution is 2.23. The van der Waals surface area contributed by atoms with E-state index >= 15 is 0 Å². The fraction of sp³-hybridized carbons (Fsp3) is 0.0714. The molecule has 0 radical (unpaired) electrons. The van der Waals surface area contributed by atoms with Gasteiger partial charge in [-0.3, -0.25) is 4.79 Å². The van der Waals surface area contributed by atoms with E-state index in [-0.39, 0.29) is 12.4 Å². The number of hydrogen-bond acceptors (Lipinski definition) is 2. The molecule has 0 bridgehead atoms. The van der Waals surface area contributed by atoms with Gasteiger partial charge in [0, 0.05) is 10.6 Å². The van der Waals surface area contributed by atoms with Gasteiger partial charge in [0.2, 0.25) is 5.78 Å². The third kappa shape index (κ3) is 3.84. The van der Waals surface area contributed by atoms with Crippen LogP contribution in [0, 0.1) is 3.57 Å². The van der Waals surface area contributed by atoms with Crippen LogP contribution in [-0.2, 0) is 0 Å². The third-order valence-corrected chi connectivity index (χ3v) is 3.88. The Morgan fingerprint density at radius 1 is 1.16 bits per heavy atom. The minimum absolute atomic E-state index is 0.0694. The number of hydrogen-bond donors (Lipinski definition) is 0. The Labute approximate surface area is 134 Å². The summed E-state index contributed by atoms with van der Waals surface area (Å²) in [7, 11) is 0. The molecule has 0 amide bonds. The van der Waals surface area contributed by atoms with Crippen LogP contribution in [0.3, 0.4) is 0 Å². The first-order valence-electron chi connectivity index (χ1n) is 5.43. The molecule has 0 unspecified atom stereocenters. The number of para-hydroxylation sites is 1. The number of ketones is 1. The first-order valence-corrected chi connectivity index (χ1v) is 7.27. The van der Waals surface area contributed by atoms with Crippen molar-refractivity contribution in [2.75, 3.05) is 6.61 Å². The summed E-state index contributed by atoms with van der Waals surface area (Å²) < 4.78 is 6.44. The Balaban J connectivity index is 2.10. The second-order valence-electron chi connectivity index (χ2n) is 3.77. The summed E-state index contributed by atoms with van der Waals surface area (Å²) in [6, 6.07) is 12.3. The summed E-state index contributed by atoms with van der Waals surface area (Å²) in [5.41, 5.74) is 0.375. The molecule has 2 rings (SSSR count). The van der Waals surface area contributed by atoms with Gasteiger partial charge >= 0.3 is 0 Å². The molecule has 2 nitrogen and oxygen atoms in total. The molecular weight excluding hydrogens is 398 g/mol. The van der Waals surface area contributed by atoms with Crippen molar-refractivity contribution < 1.29 is 9.53 Å². The average molecular weight is 407 g/mol. The van der Waals surface area contributed by atoms with Crippen LogP contribution in [0.1, 0.15) is 10.4 Å². The standard InChI is InChI=1S/C14H9Cl2IO2/c15-9-5-6-11(16)10(7-9)13(18)8-19-14-4-2-1-3-12(14)17/h1-7H,8H2. The maximum atomic E-state index is 12.0. The van der Waals surface area contributed by atoms with Crippen molar-refractivity contribution in [1.29, 1.82) is 0 Å². The van der Waals surface area contributed by atoms with Crippen LogP contribution in [0.5, 0.6) is 5.75 Å². The molecule has 98 valence electrons. The van der Waals surface area contributed by atoms with Crippen LogP contribution < -0.4 is 4.74 Å². The van der Waals surface area contributed by atoms with Gasteiger partial charge in [0.25, 0.3) is 0 Å². The summed E-state index contributed by atoms with van der Waals surface area (Å²) in [4.78, 5) is 12.0. The molecule has 0 fully saturated rings. The number of benzene rings is 2. The Kier molecular flexibility index (Phi) is 5.07. The summed E-state index contributed by atoms with van der Waals surface area (Å²) in [5.74, 6) is 0.474. The molecule has 0 aliphatic carbocycles. The van der Waals surface area contributed by atoms with Crippen molar-refractivity contribution in [3.8, 4) is 5.75 Å². The van der Waals surface area contributed by atoms with Crippen LogP contribution in [0.25, 0.3) is 0 Å². The molecule has 2 aromatic rings. The second-order valence-corrected chi connectivity index (χ2v) is 5.77. The zero-order valence-corrected chi connectivity index (χ0v) is 13.4. The highest BCUT2D eigenvalue weighted by atomic mass is 127. The summed E-state index contributed by atoms with van der Waals surface area (Å²) >= 11 is 14.0. The van der Waals surface area contributed by atoms with E-state index in [1.165, 1.54) is 0 Å². The van der Waals surface area contributed by atoms with Gasteiger partial charge in [0.15, 0.2) is 6.61 Å². The van der Waals surface area contributed by atoms with Gasteiger partial charge in [-0.2, -0.15) is 0 Å². The van der Waals surface area contributed by atoms with Gasteiger partial charge in [-0.15, -0.1) is 0 Å². The smallest absolute Gasteiger partial charge is 0.201 e. The van der Waals surface area contributed by atoms with Crippen LogP contribution in [0.15, 0.2) is 42.5 Å². The minimum atomic E-state index is -0.202. The Hall–Kier alpha value is -0.780. The van der Waals surface area contributed by atoms with Gasteiger partial charge in [-0.1, -0.05) is 35.3 Å². The van der Waals surface area contributed by atoms with Gasteiger partial charge in [-0.05, 0) is 52.9 Å². The first kappa shape index (κ1) is 14.6. The second kappa shape index (κ2) is 6.59. The number of carbonyl (C=O) groups excluding carboxylic acids is 1. The molecule has 0 atom stereocenters. The van der Waals surface area contributed by atoms with Crippen LogP contribution in [0.4, 0.5) is 0 Å². The normalized spacial score (nSPS) is 10.3. The third-order valence-electron chi connectivity index (χ3n) is 2.42. The first-order chi connectivity index (χ1) is 9.08. The zero-order chi connectivity index (χ0) is 13.8. The van der Waals surface area contributed by atoms with E-state index in [1.54, 1.807) is 18.2 Å². The molecule has 0 saturated carbocycles. The molecule has 0 aliphatic heterocycles. The van der Waals surface area contributed by atoms with E-state index < -0.39 is 0 Å². The number of carbonyl (C=O) groups is 1. The van der Waals surface area contributed by atoms with Gasteiger partial charge in [0.05, 0.1) is 8.59 Å². The molecule has 2 aromatic carbocycles. The van der Waals surface area contributed by atoms with Gasteiger partial charge in [-0.25, -0.2) is 0 Å². The van der Waals surface area contributed by atoms with E-state index in [1.807, 2.05) is 24.3 Å². The predicted molar refractivity (Wildman–Crippen MR) is 85.4 cm³/mol. The predicted octanol–water partition coefficient (Wildman–Crippen LogP) is 4.86. The van der Waals surface area contributed by atoms with E-state index in [2.05, 4.69) is 22.6 Å². The number of rotatable bonds is 4. The SMILES string of the molecule is O=C(COc1ccccc1I)c1cc(Cl)ccc1Cl. The molecule has 0 N–H and O–H groups in total. The summed E-state index contributed by atoms with van der Waals surface area (Å²) in [5, 5.41) is 0.850. The van der Waals surface area contributed by atoms with Crippen molar-refractivity contribution >= 4 is 51.6 Å². The highest BCUT2D eigenvalue weighted by molar-refractivity contribution is 14.1. The minimum Gasteiger partial charge on any atom is -0.484 e. The quantitative estimate of drug-likeness (QED) is 0.535.